The molecule has 3 rings (SSSR count). The largest absolute Gasteiger partial charge is 0.490 e. The number of fused-ring (bicyclic) bond motifs is 1. The summed E-state index contributed by atoms with van der Waals surface area (Å²) in [5, 5.41) is 10.8. The Morgan fingerprint density at radius 3 is 2.76 bits per heavy atom. The number of rotatable bonds is 1. The van der Waals surface area contributed by atoms with Crippen LogP contribution in [-0.2, 0) is 0 Å². The molecule has 1 fully saturated rings. The van der Waals surface area contributed by atoms with Crippen molar-refractivity contribution in [1.82, 2.24) is 0 Å². The summed E-state index contributed by atoms with van der Waals surface area (Å²) in [7, 11) is 0. The van der Waals surface area contributed by atoms with Crippen molar-refractivity contribution in [2.75, 3.05) is 0 Å². The van der Waals surface area contributed by atoms with Crippen molar-refractivity contribution in [3.05, 3.63) is 28.8 Å². The summed E-state index contributed by atoms with van der Waals surface area (Å²) >= 11 is 5.94. The van der Waals surface area contributed by atoms with Crippen LogP contribution in [0, 0.1) is 5.92 Å². The van der Waals surface area contributed by atoms with Crippen LogP contribution in [0.3, 0.4) is 0 Å². The zero-order chi connectivity index (χ0) is 11.8. The van der Waals surface area contributed by atoms with E-state index in [1.165, 1.54) is 25.7 Å². The molecule has 17 heavy (non-hydrogen) atoms. The van der Waals surface area contributed by atoms with Gasteiger partial charge in [-0.3, -0.25) is 0 Å². The lowest BCUT2D eigenvalue weighted by molar-refractivity contribution is 0.0356. The van der Waals surface area contributed by atoms with Gasteiger partial charge in [-0.15, -0.1) is 0 Å². The van der Waals surface area contributed by atoms with Gasteiger partial charge < -0.3 is 9.84 Å². The molecule has 1 unspecified atom stereocenters. The molecule has 1 saturated carbocycles. The Labute approximate surface area is 107 Å². The third-order valence-corrected chi connectivity index (χ3v) is 4.23. The van der Waals surface area contributed by atoms with Crippen molar-refractivity contribution in [3.8, 4) is 5.75 Å². The molecule has 1 aliphatic heterocycles. The quantitative estimate of drug-likeness (QED) is 0.826. The summed E-state index contributed by atoms with van der Waals surface area (Å²) in [5.74, 6) is 1.43. The minimum atomic E-state index is -0.428. The maximum Gasteiger partial charge on any atom is 0.125 e. The van der Waals surface area contributed by atoms with Crippen LogP contribution in [0.4, 0.5) is 0 Å². The highest BCUT2D eigenvalue weighted by Crippen LogP contribution is 2.41. The predicted octanol–water partition coefficient (Wildman–Crippen LogP) is 3.71. The molecular formula is C14H17ClO2. The number of hydrogen-bond acceptors (Lipinski definition) is 2. The van der Waals surface area contributed by atoms with Gasteiger partial charge in [0.25, 0.3) is 0 Å². The zero-order valence-electron chi connectivity index (χ0n) is 9.73. The number of benzene rings is 1. The molecule has 0 spiro atoms. The number of hydrogen-bond donors (Lipinski definition) is 1. The Kier molecular flexibility index (Phi) is 3.01. The average Bonchev–Trinajstić information content (AvgIpc) is 2.83. The summed E-state index contributed by atoms with van der Waals surface area (Å²) in [6, 6.07) is 5.51. The van der Waals surface area contributed by atoms with Crippen molar-refractivity contribution in [3.63, 3.8) is 0 Å². The summed E-state index contributed by atoms with van der Waals surface area (Å²) < 4.78 is 6.02. The Morgan fingerprint density at radius 1 is 1.24 bits per heavy atom. The van der Waals surface area contributed by atoms with Crippen LogP contribution in [0.25, 0.3) is 0 Å². The smallest absolute Gasteiger partial charge is 0.125 e. The minimum Gasteiger partial charge on any atom is -0.490 e. The Hall–Kier alpha value is -0.730. The van der Waals surface area contributed by atoms with E-state index in [9.17, 15) is 5.11 Å². The molecule has 0 radical (unpaired) electrons. The van der Waals surface area contributed by atoms with Crippen LogP contribution in [0.2, 0.25) is 5.02 Å². The first-order valence-electron chi connectivity index (χ1n) is 6.38. The van der Waals surface area contributed by atoms with E-state index < -0.39 is 6.10 Å². The van der Waals surface area contributed by atoms with Crippen molar-refractivity contribution < 1.29 is 9.84 Å². The van der Waals surface area contributed by atoms with Gasteiger partial charge in [-0.2, -0.15) is 0 Å². The first-order valence-corrected chi connectivity index (χ1v) is 6.76. The fraction of sp³-hybridized carbons (Fsp3) is 0.571. The van der Waals surface area contributed by atoms with E-state index in [0.29, 0.717) is 17.4 Å². The molecule has 2 nitrogen and oxygen atoms in total. The second-order valence-electron chi connectivity index (χ2n) is 5.13. The van der Waals surface area contributed by atoms with E-state index >= 15 is 0 Å². The fourth-order valence-corrected chi connectivity index (χ4v) is 3.24. The fourth-order valence-electron chi connectivity index (χ4n) is 3.06. The summed E-state index contributed by atoms with van der Waals surface area (Å²) in [6.07, 6.45) is 5.53. The Bertz CT molecular complexity index is 413. The number of halogens is 1. The molecule has 1 aliphatic carbocycles. The average molecular weight is 253 g/mol. The highest BCUT2D eigenvalue weighted by Gasteiger charge is 2.33. The molecule has 0 amide bonds. The SMILES string of the molecule is O[C@@H]1CC(C2CCCC2)Oc2ccc(Cl)cc21. The van der Waals surface area contributed by atoms with Crippen molar-refractivity contribution in [2.45, 2.75) is 44.3 Å². The number of ether oxygens (including phenoxy) is 1. The van der Waals surface area contributed by atoms with Crippen LogP contribution in [0.5, 0.6) is 5.75 Å². The zero-order valence-corrected chi connectivity index (χ0v) is 10.5. The molecule has 0 aromatic heterocycles. The van der Waals surface area contributed by atoms with Gasteiger partial charge in [0.1, 0.15) is 11.9 Å². The second-order valence-corrected chi connectivity index (χ2v) is 5.57. The molecule has 2 aliphatic rings. The Morgan fingerprint density at radius 2 is 2.00 bits per heavy atom. The third-order valence-electron chi connectivity index (χ3n) is 3.99. The molecule has 3 heteroatoms. The minimum absolute atomic E-state index is 0.182. The number of aliphatic hydroxyl groups is 1. The summed E-state index contributed by atoms with van der Waals surface area (Å²) in [4.78, 5) is 0. The van der Waals surface area contributed by atoms with E-state index in [0.717, 1.165) is 11.3 Å². The molecule has 1 N–H and O–H groups in total. The normalized spacial score (nSPS) is 28.8. The van der Waals surface area contributed by atoms with Gasteiger partial charge in [-0.25, -0.2) is 0 Å². The maximum absolute atomic E-state index is 10.2. The molecule has 92 valence electrons. The van der Waals surface area contributed by atoms with Crippen molar-refractivity contribution >= 4 is 11.6 Å². The van der Waals surface area contributed by atoms with Gasteiger partial charge in [0.05, 0.1) is 6.10 Å². The van der Waals surface area contributed by atoms with Gasteiger partial charge in [-0.1, -0.05) is 24.4 Å². The molecule has 0 saturated heterocycles. The van der Waals surface area contributed by atoms with Gasteiger partial charge >= 0.3 is 0 Å². The first-order chi connectivity index (χ1) is 8.24. The maximum atomic E-state index is 10.2. The van der Waals surface area contributed by atoms with Crippen molar-refractivity contribution in [1.29, 1.82) is 0 Å². The lowest BCUT2D eigenvalue weighted by Gasteiger charge is -2.33. The summed E-state index contributed by atoms with van der Waals surface area (Å²) in [5.41, 5.74) is 0.840. The van der Waals surface area contributed by atoms with E-state index in [-0.39, 0.29) is 6.10 Å². The Balaban J connectivity index is 1.84. The van der Waals surface area contributed by atoms with Gasteiger partial charge in [0.2, 0.25) is 0 Å². The summed E-state index contributed by atoms with van der Waals surface area (Å²) in [6.45, 7) is 0. The predicted molar refractivity (Wildman–Crippen MR) is 67.4 cm³/mol. The lowest BCUT2D eigenvalue weighted by atomic mass is 9.90. The third kappa shape index (κ3) is 2.16. The molecule has 0 bridgehead atoms. The standard InChI is InChI=1S/C14H17ClO2/c15-10-5-6-13-11(7-10)12(16)8-14(17-13)9-3-1-2-4-9/h5-7,9,12,14,16H,1-4,8H2/t12-,14?/m1/s1. The second kappa shape index (κ2) is 4.51. The van der Waals surface area contributed by atoms with Crippen LogP contribution in [0.1, 0.15) is 43.8 Å². The highest BCUT2D eigenvalue weighted by atomic mass is 35.5. The van der Waals surface area contributed by atoms with Crippen molar-refractivity contribution in [2.24, 2.45) is 5.92 Å². The van der Waals surface area contributed by atoms with Gasteiger partial charge in [0, 0.05) is 17.0 Å². The molecule has 1 heterocycles. The molecule has 1 aromatic rings. The van der Waals surface area contributed by atoms with Crippen LogP contribution in [-0.4, -0.2) is 11.2 Å². The molecular weight excluding hydrogens is 236 g/mol. The van der Waals surface area contributed by atoms with Crippen LogP contribution in [0.15, 0.2) is 18.2 Å². The lowest BCUT2D eigenvalue weighted by Crippen LogP contribution is -2.31. The van der Waals surface area contributed by atoms with Gasteiger partial charge in [0.15, 0.2) is 0 Å². The molecule has 1 aromatic carbocycles. The van der Waals surface area contributed by atoms with E-state index in [4.69, 9.17) is 16.3 Å². The first kappa shape index (κ1) is 11.4. The monoisotopic (exact) mass is 252 g/mol. The van der Waals surface area contributed by atoms with Gasteiger partial charge in [-0.05, 0) is 37.0 Å². The highest BCUT2D eigenvalue weighted by molar-refractivity contribution is 6.30. The van der Waals surface area contributed by atoms with E-state index in [2.05, 4.69) is 0 Å². The van der Waals surface area contributed by atoms with Crippen LogP contribution < -0.4 is 4.74 Å². The van der Waals surface area contributed by atoms with E-state index in [1.807, 2.05) is 18.2 Å². The van der Waals surface area contributed by atoms with E-state index in [1.54, 1.807) is 0 Å². The number of aliphatic hydroxyl groups excluding tert-OH is 1. The topological polar surface area (TPSA) is 29.5 Å². The molecule has 2 atom stereocenters. The van der Waals surface area contributed by atoms with Crippen LogP contribution >= 0.6 is 11.6 Å².